The van der Waals surface area contributed by atoms with E-state index in [4.69, 9.17) is 17.3 Å². The van der Waals surface area contributed by atoms with Crippen molar-refractivity contribution in [2.75, 3.05) is 0 Å². The van der Waals surface area contributed by atoms with Crippen LogP contribution in [0.1, 0.15) is 11.7 Å². The van der Waals surface area contributed by atoms with E-state index in [-0.39, 0.29) is 10.7 Å². The van der Waals surface area contributed by atoms with Crippen molar-refractivity contribution in [2.24, 2.45) is 5.73 Å². The van der Waals surface area contributed by atoms with E-state index in [0.717, 1.165) is 0 Å². The minimum Gasteiger partial charge on any atom is -0.385 e. The number of aliphatic hydroxyl groups excluding tert-OH is 2. The summed E-state index contributed by atoms with van der Waals surface area (Å²) in [5.74, 6) is -1.01. The number of pyridine rings is 1. The second-order valence-corrected chi connectivity index (χ2v) is 4.06. The minimum absolute atomic E-state index is 0.143. The lowest BCUT2D eigenvalue weighted by Crippen LogP contribution is -2.34. The van der Waals surface area contributed by atoms with Gasteiger partial charge in [-0.1, -0.05) is 11.6 Å². The zero-order valence-electron chi connectivity index (χ0n) is 7.39. The number of carbonyl (C=O) groups is 1. The number of halogens is 2. The third-order valence-electron chi connectivity index (χ3n) is 1.76. The largest absolute Gasteiger partial charge is 0.385 e. The summed E-state index contributed by atoms with van der Waals surface area (Å²) in [5.41, 5.74) is 5.10. The predicted octanol–water partition coefficient (Wildman–Crippen LogP) is 0.377. The molecule has 1 rings (SSSR count). The van der Waals surface area contributed by atoms with Crippen molar-refractivity contribution in [3.8, 4) is 0 Å². The third-order valence-corrected chi connectivity index (χ3v) is 2.63. The maximum atomic E-state index is 10.7. The predicted molar refractivity (Wildman–Crippen MR) is 57.1 cm³/mol. The highest BCUT2D eigenvalue weighted by Crippen LogP contribution is 2.26. The van der Waals surface area contributed by atoms with E-state index in [9.17, 15) is 15.0 Å². The number of carbonyl (C=O) groups excluding carboxylic acids is 1. The Morgan fingerprint density at radius 1 is 1.60 bits per heavy atom. The second kappa shape index (κ2) is 4.89. The molecular formula is C8H8BrClN2O3. The molecule has 1 heterocycles. The van der Waals surface area contributed by atoms with Gasteiger partial charge in [0.2, 0.25) is 5.91 Å². The highest BCUT2D eigenvalue weighted by atomic mass is 79.9. The standard InChI is InChI=1S/C8H8BrClN2O3/c9-4-2-12-5(10)1-3(4)6(13)7(14)8(11)15/h1-2,6-7,13-14H,(H2,11,15). The molecule has 5 nitrogen and oxygen atoms in total. The number of primary amides is 1. The van der Waals surface area contributed by atoms with Gasteiger partial charge in [0, 0.05) is 16.2 Å². The van der Waals surface area contributed by atoms with Gasteiger partial charge in [0.05, 0.1) is 0 Å². The van der Waals surface area contributed by atoms with Crippen LogP contribution in [0.15, 0.2) is 16.7 Å². The monoisotopic (exact) mass is 294 g/mol. The molecule has 0 aliphatic heterocycles. The summed E-state index contributed by atoms with van der Waals surface area (Å²) in [7, 11) is 0. The Bertz CT molecular complexity index is 388. The molecule has 0 aliphatic rings. The molecule has 2 unspecified atom stereocenters. The first-order valence-electron chi connectivity index (χ1n) is 3.90. The molecule has 0 radical (unpaired) electrons. The van der Waals surface area contributed by atoms with Gasteiger partial charge in [-0.05, 0) is 22.0 Å². The summed E-state index contributed by atoms with van der Waals surface area (Å²) in [5, 5.41) is 19.0. The van der Waals surface area contributed by atoms with Crippen LogP contribution in [0.3, 0.4) is 0 Å². The highest BCUT2D eigenvalue weighted by Gasteiger charge is 2.25. The summed E-state index contributed by atoms with van der Waals surface area (Å²) in [4.78, 5) is 14.4. The highest BCUT2D eigenvalue weighted by molar-refractivity contribution is 9.10. The Morgan fingerprint density at radius 3 is 2.73 bits per heavy atom. The number of nitrogens with zero attached hydrogens (tertiary/aromatic N) is 1. The van der Waals surface area contributed by atoms with Gasteiger partial charge in [-0.3, -0.25) is 4.79 Å². The zero-order chi connectivity index (χ0) is 11.6. The normalized spacial score (nSPS) is 14.7. The zero-order valence-corrected chi connectivity index (χ0v) is 9.73. The van der Waals surface area contributed by atoms with Crippen molar-refractivity contribution in [1.82, 2.24) is 4.98 Å². The van der Waals surface area contributed by atoms with Crippen molar-refractivity contribution in [2.45, 2.75) is 12.2 Å². The Labute approximate surface area is 99.0 Å². The molecule has 0 saturated heterocycles. The lowest BCUT2D eigenvalue weighted by atomic mass is 10.1. The van der Waals surface area contributed by atoms with E-state index < -0.39 is 18.1 Å². The number of aliphatic hydroxyl groups is 2. The van der Waals surface area contributed by atoms with E-state index in [0.29, 0.717) is 4.47 Å². The minimum atomic E-state index is -1.68. The molecule has 15 heavy (non-hydrogen) atoms. The van der Waals surface area contributed by atoms with Crippen LogP contribution in [0.4, 0.5) is 0 Å². The van der Waals surface area contributed by atoms with Crippen LogP contribution in [0.2, 0.25) is 5.15 Å². The molecule has 0 aromatic carbocycles. The van der Waals surface area contributed by atoms with E-state index in [1.807, 2.05) is 0 Å². The summed E-state index contributed by atoms with van der Waals surface area (Å²) in [6.07, 6.45) is -1.76. The lowest BCUT2D eigenvalue weighted by molar-refractivity contribution is -0.132. The number of aromatic nitrogens is 1. The average molecular weight is 296 g/mol. The molecule has 2 atom stereocenters. The third kappa shape index (κ3) is 2.88. The van der Waals surface area contributed by atoms with Gasteiger partial charge in [0.25, 0.3) is 0 Å². The smallest absolute Gasteiger partial charge is 0.249 e. The maximum Gasteiger partial charge on any atom is 0.249 e. The molecule has 0 spiro atoms. The second-order valence-electron chi connectivity index (χ2n) is 2.82. The topological polar surface area (TPSA) is 96.4 Å². The fourth-order valence-corrected chi connectivity index (χ4v) is 1.60. The molecule has 82 valence electrons. The first kappa shape index (κ1) is 12.4. The van der Waals surface area contributed by atoms with E-state index in [2.05, 4.69) is 20.9 Å². The average Bonchev–Trinajstić information content (AvgIpc) is 2.19. The summed E-state index contributed by atoms with van der Waals surface area (Å²) in [6.45, 7) is 0. The first-order chi connectivity index (χ1) is 6.93. The molecule has 4 N–H and O–H groups in total. The van der Waals surface area contributed by atoms with Crippen LogP contribution in [-0.4, -0.2) is 27.2 Å². The SMILES string of the molecule is NC(=O)C(O)C(O)c1cc(Cl)ncc1Br. The van der Waals surface area contributed by atoms with Gasteiger partial charge in [-0.2, -0.15) is 0 Å². The van der Waals surface area contributed by atoms with Crippen molar-refractivity contribution in [3.63, 3.8) is 0 Å². The first-order valence-corrected chi connectivity index (χ1v) is 5.07. The van der Waals surface area contributed by atoms with E-state index in [1.165, 1.54) is 12.3 Å². The Balaban J connectivity index is 3.04. The molecule has 0 bridgehead atoms. The Morgan fingerprint density at radius 2 is 2.20 bits per heavy atom. The fourth-order valence-electron chi connectivity index (χ4n) is 0.980. The molecule has 7 heteroatoms. The van der Waals surface area contributed by atoms with Crippen LogP contribution in [0.5, 0.6) is 0 Å². The van der Waals surface area contributed by atoms with Crippen LogP contribution in [0.25, 0.3) is 0 Å². The number of nitrogens with two attached hydrogens (primary N) is 1. The van der Waals surface area contributed by atoms with Gasteiger partial charge in [-0.25, -0.2) is 4.98 Å². The van der Waals surface area contributed by atoms with E-state index >= 15 is 0 Å². The molecule has 1 aromatic heterocycles. The van der Waals surface area contributed by atoms with Crippen molar-refractivity contribution < 1.29 is 15.0 Å². The van der Waals surface area contributed by atoms with Gasteiger partial charge < -0.3 is 15.9 Å². The van der Waals surface area contributed by atoms with Crippen molar-refractivity contribution in [3.05, 3.63) is 27.5 Å². The van der Waals surface area contributed by atoms with Gasteiger partial charge in [0.1, 0.15) is 11.3 Å². The van der Waals surface area contributed by atoms with Gasteiger partial charge >= 0.3 is 0 Å². The summed E-state index contributed by atoms with van der Waals surface area (Å²) < 4.78 is 0.430. The summed E-state index contributed by atoms with van der Waals surface area (Å²) in [6, 6.07) is 1.34. The van der Waals surface area contributed by atoms with Crippen LogP contribution < -0.4 is 5.73 Å². The summed E-state index contributed by atoms with van der Waals surface area (Å²) >= 11 is 8.71. The molecule has 0 fully saturated rings. The Hall–Kier alpha value is -0.690. The number of hydrogen-bond acceptors (Lipinski definition) is 4. The molecule has 1 aromatic rings. The molecular weight excluding hydrogens is 287 g/mol. The number of amides is 1. The quantitative estimate of drug-likeness (QED) is 0.702. The van der Waals surface area contributed by atoms with E-state index in [1.54, 1.807) is 0 Å². The van der Waals surface area contributed by atoms with Gasteiger partial charge in [-0.15, -0.1) is 0 Å². The lowest BCUT2D eigenvalue weighted by Gasteiger charge is -2.16. The maximum absolute atomic E-state index is 10.7. The number of rotatable bonds is 3. The van der Waals surface area contributed by atoms with Crippen LogP contribution in [-0.2, 0) is 4.79 Å². The van der Waals surface area contributed by atoms with Crippen LogP contribution in [0, 0.1) is 0 Å². The molecule has 0 aliphatic carbocycles. The van der Waals surface area contributed by atoms with Crippen molar-refractivity contribution in [1.29, 1.82) is 0 Å². The van der Waals surface area contributed by atoms with Gasteiger partial charge in [0.15, 0.2) is 6.10 Å². The molecule has 0 saturated carbocycles. The molecule has 1 amide bonds. The number of hydrogen-bond donors (Lipinski definition) is 3. The fraction of sp³-hybridized carbons (Fsp3) is 0.250. The Kier molecular flexibility index (Phi) is 4.04. The van der Waals surface area contributed by atoms with Crippen molar-refractivity contribution >= 4 is 33.4 Å². The van der Waals surface area contributed by atoms with Crippen LogP contribution >= 0.6 is 27.5 Å².